The van der Waals surface area contributed by atoms with Crippen LogP contribution in [0, 0.1) is 6.92 Å². The number of benzene rings is 1. The highest BCUT2D eigenvalue weighted by Gasteiger charge is 2.36. The Morgan fingerprint density at radius 2 is 2.05 bits per heavy atom. The molecule has 0 bridgehead atoms. The number of para-hydroxylation sites is 1. The van der Waals surface area contributed by atoms with Crippen molar-refractivity contribution in [3.8, 4) is 0 Å². The van der Waals surface area contributed by atoms with Gasteiger partial charge in [-0.2, -0.15) is 0 Å². The summed E-state index contributed by atoms with van der Waals surface area (Å²) in [6.07, 6.45) is 0.326. The van der Waals surface area contributed by atoms with E-state index in [1.807, 2.05) is 39.8 Å². The summed E-state index contributed by atoms with van der Waals surface area (Å²) in [5.41, 5.74) is 1.25. The minimum Gasteiger partial charge on any atom is -0.336 e. The smallest absolute Gasteiger partial charge is 0.319 e. The van der Waals surface area contributed by atoms with E-state index < -0.39 is 0 Å². The van der Waals surface area contributed by atoms with Gasteiger partial charge >= 0.3 is 6.03 Å². The number of carbonyl (C=O) groups excluding carboxylic acids is 2. The number of carbonyl (C=O) groups is 2. The number of hydrogen-bond acceptors (Lipinski definition) is 2. The van der Waals surface area contributed by atoms with Gasteiger partial charge < -0.3 is 15.5 Å². The van der Waals surface area contributed by atoms with Crippen molar-refractivity contribution in [3.05, 3.63) is 28.8 Å². The summed E-state index contributed by atoms with van der Waals surface area (Å²) in [5, 5.41) is 6.10. The van der Waals surface area contributed by atoms with Gasteiger partial charge in [0.05, 0.1) is 16.8 Å². The zero-order chi connectivity index (χ0) is 16.5. The van der Waals surface area contributed by atoms with Gasteiger partial charge in [-0.25, -0.2) is 4.79 Å². The lowest BCUT2D eigenvalue weighted by Crippen LogP contribution is -2.45. The first-order chi connectivity index (χ1) is 10.2. The lowest BCUT2D eigenvalue weighted by atomic mass is 10.1. The number of hydrogen-bond donors (Lipinski definition) is 2. The molecule has 22 heavy (non-hydrogen) atoms. The molecule has 0 spiro atoms. The highest BCUT2D eigenvalue weighted by atomic mass is 35.5. The van der Waals surface area contributed by atoms with E-state index in [1.165, 1.54) is 0 Å². The standard InChI is InChI=1S/C16H22ClN3O2/c1-10-6-5-7-12(17)14(10)19-15(22)18-11-8-13(21)20(9-11)16(2,3)4/h5-7,11H,8-9H2,1-4H3,(H2,18,19,22). The number of nitrogens with zero attached hydrogens (tertiary/aromatic N) is 1. The third kappa shape index (κ3) is 3.71. The van der Waals surface area contributed by atoms with Crippen LogP contribution in [0.15, 0.2) is 18.2 Å². The van der Waals surface area contributed by atoms with Crippen molar-refractivity contribution in [2.45, 2.75) is 45.7 Å². The highest BCUT2D eigenvalue weighted by molar-refractivity contribution is 6.33. The van der Waals surface area contributed by atoms with E-state index in [0.29, 0.717) is 23.7 Å². The second kappa shape index (κ2) is 6.16. The Hall–Kier alpha value is -1.75. The van der Waals surface area contributed by atoms with Gasteiger partial charge in [0, 0.05) is 18.5 Å². The Bertz CT molecular complexity index is 575. The lowest BCUT2D eigenvalue weighted by Gasteiger charge is -2.32. The average Bonchev–Trinajstić information content (AvgIpc) is 2.75. The van der Waals surface area contributed by atoms with Crippen molar-refractivity contribution in [1.29, 1.82) is 0 Å². The van der Waals surface area contributed by atoms with Gasteiger partial charge in [-0.15, -0.1) is 0 Å². The fourth-order valence-corrected chi connectivity index (χ4v) is 2.85. The van der Waals surface area contributed by atoms with Gasteiger partial charge in [0.1, 0.15) is 0 Å². The molecule has 1 atom stereocenters. The molecule has 1 heterocycles. The van der Waals surface area contributed by atoms with Crippen molar-refractivity contribution in [2.75, 3.05) is 11.9 Å². The molecule has 0 radical (unpaired) electrons. The quantitative estimate of drug-likeness (QED) is 0.878. The summed E-state index contributed by atoms with van der Waals surface area (Å²) in [6, 6.07) is 4.91. The van der Waals surface area contributed by atoms with Gasteiger partial charge in [-0.1, -0.05) is 23.7 Å². The Labute approximate surface area is 136 Å². The normalized spacial score (nSPS) is 18.5. The van der Waals surface area contributed by atoms with Crippen molar-refractivity contribution in [1.82, 2.24) is 10.2 Å². The van der Waals surface area contributed by atoms with Gasteiger partial charge in [-0.05, 0) is 39.3 Å². The molecule has 1 unspecified atom stereocenters. The van der Waals surface area contributed by atoms with Crippen molar-refractivity contribution < 1.29 is 9.59 Å². The minimum absolute atomic E-state index is 0.0618. The zero-order valence-electron chi connectivity index (χ0n) is 13.4. The van der Waals surface area contributed by atoms with Crippen LogP contribution in [0.3, 0.4) is 0 Å². The maximum absolute atomic E-state index is 12.1. The van der Waals surface area contributed by atoms with Crippen molar-refractivity contribution in [3.63, 3.8) is 0 Å². The Kier molecular flexibility index (Phi) is 4.66. The van der Waals surface area contributed by atoms with Crippen LogP contribution >= 0.6 is 11.6 Å². The number of rotatable bonds is 2. The first kappa shape index (κ1) is 16.6. The summed E-state index contributed by atoms with van der Waals surface area (Å²) in [6.45, 7) is 8.36. The number of likely N-dealkylation sites (tertiary alicyclic amines) is 1. The average molecular weight is 324 g/mol. The van der Waals surface area contributed by atoms with Gasteiger partial charge in [0.2, 0.25) is 5.91 Å². The Balaban J connectivity index is 1.98. The maximum Gasteiger partial charge on any atom is 0.319 e. The number of aryl methyl sites for hydroxylation is 1. The molecular formula is C16H22ClN3O2. The van der Waals surface area contributed by atoms with Crippen LogP contribution in [0.2, 0.25) is 5.02 Å². The van der Waals surface area contributed by atoms with Crippen LogP contribution in [0.4, 0.5) is 10.5 Å². The van der Waals surface area contributed by atoms with Crippen LogP contribution in [0.25, 0.3) is 0 Å². The second-order valence-corrected chi connectivity index (χ2v) is 7.01. The molecule has 0 saturated carbocycles. The van der Waals surface area contributed by atoms with E-state index in [4.69, 9.17) is 11.6 Å². The van der Waals surface area contributed by atoms with E-state index in [2.05, 4.69) is 10.6 Å². The van der Waals surface area contributed by atoms with E-state index in [1.54, 1.807) is 11.0 Å². The van der Waals surface area contributed by atoms with E-state index in [0.717, 1.165) is 5.56 Å². The Morgan fingerprint density at radius 3 is 2.59 bits per heavy atom. The fraction of sp³-hybridized carbons (Fsp3) is 0.500. The molecule has 2 N–H and O–H groups in total. The van der Waals surface area contributed by atoms with Crippen LogP contribution in [-0.2, 0) is 4.79 Å². The van der Waals surface area contributed by atoms with Crippen molar-refractivity contribution in [2.24, 2.45) is 0 Å². The number of anilines is 1. The predicted octanol–water partition coefficient (Wildman–Crippen LogP) is 3.17. The molecule has 1 aromatic rings. The molecule has 1 aromatic carbocycles. The zero-order valence-corrected chi connectivity index (χ0v) is 14.1. The third-order valence-electron chi connectivity index (χ3n) is 3.73. The lowest BCUT2D eigenvalue weighted by molar-refractivity contribution is -0.131. The van der Waals surface area contributed by atoms with Crippen LogP contribution in [-0.4, -0.2) is 35.0 Å². The van der Waals surface area contributed by atoms with Crippen LogP contribution in [0.5, 0.6) is 0 Å². The predicted molar refractivity (Wildman–Crippen MR) is 88.2 cm³/mol. The first-order valence-electron chi connectivity index (χ1n) is 7.31. The van der Waals surface area contributed by atoms with Crippen molar-refractivity contribution >= 4 is 29.2 Å². The molecular weight excluding hydrogens is 302 g/mol. The first-order valence-corrected chi connectivity index (χ1v) is 7.69. The molecule has 2 rings (SSSR count). The third-order valence-corrected chi connectivity index (χ3v) is 4.05. The SMILES string of the molecule is Cc1cccc(Cl)c1NC(=O)NC1CC(=O)N(C(C)(C)C)C1. The summed E-state index contributed by atoms with van der Waals surface area (Å²) < 4.78 is 0. The monoisotopic (exact) mass is 323 g/mol. The maximum atomic E-state index is 12.1. The molecule has 3 amide bonds. The van der Waals surface area contributed by atoms with E-state index >= 15 is 0 Å². The summed E-state index contributed by atoms with van der Waals surface area (Å²) in [4.78, 5) is 25.9. The fourth-order valence-electron chi connectivity index (χ4n) is 2.58. The molecule has 5 nitrogen and oxygen atoms in total. The van der Waals surface area contributed by atoms with E-state index in [-0.39, 0.29) is 23.5 Å². The molecule has 6 heteroatoms. The summed E-state index contributed by atoms with van der Waals surface area (Å²) in [7, 11) is 0. The van der Waals surface area contributed by atoms with Crippen LogP contribution in [0.1, 0.15) is 32.8 Å². The van der Waals surface area contributed by atoms with Gasteiger partial charge in [-0.3, -0.25) is 4.79 Å². The summed E-state index contributed by atoms with van der Waals surface area (Å²) >= 11 is 6.09. The Morgan fingerprint density at radius 1 is 1.36 bits per heavy atom. The largest absolute Gasteiger partial charge is 0.336 e. The number of halogens is 1. The molecule has 0 aromatic heterocycles. The molecule has 0 aliphatic carbocycles. The minimum atomic E-state index is -0.343. The topological polar surface area (TPSA) is 61.4 Å². The molecule has 120 valence electrons. The molecule has 1 aliphatic heterocycles. The summed E-state index contributed by atoms with van der Waals surface area (Å²) in [5.74, 6) is 0.0618. The molecule has 1 aliphatic rings. The van der Waals surface area contributed by atoms with E-state index in [9.17, 15) is 9.59 Å². The molecule has 1 saturated heterocycles. The highest BCUT2D eigenvalue weighted by Crippen LogP contribution is 2.25. The molecule has 1 fully saturated rings. The number of nitrogens with one attached hydrogen (secondary N) is 2. The van der Waals surface area contributed by atoms with Crippen LogP contribution < -0.4 is 10.6 Å². The number of urea groups is 1. The van der Waals surface area contributed by atoms with Gasteiger partial charge in [0.15, 0.2) is 0 Å². The number of amides is 3. The van der Waals surface area contributed by atoms with Gasteiger partial charge in [0.25, 0.3) is 0 Å². The second-order valence-electron chi connectivity index (χ2n) is 6.61.